The molecule has 0 aromatic heterocycles. The van der Waals surface area contributed by atoms with E-state index in [9.17, 15) is 18.0 Å². The van der Waals surface area contributed by atoms with Crippen LogP contribution in [-0.4, -0.2) is 44.0 Å². The second-order valence-electron chi connectivity index (χ2n) is 4.87. The molecule has 0 aliphatic rings. The van der Waals surface area contributed by atoms with Crippen LogP contribution in [0.2, 0.25) is 0 Å². The Labute approximate surface area is 118 Å². The van der Waals surface area contributed by atoms with E-state index in [-0.39, 0.29) is 12.6 Å². The molecular weight excluding hydrogens is 275 g/mol. The second kappa shape index (κ2) is 8.46. The van der Waals surface area contributed by atoms with Crippen molar-refractivity contribution in [1.29, 1.82) is 0 Å². The van der Waals surface area contributed by atoms with Gasteiger partial charge in [-0.1, -0.05) is 6.92 Å². The van der Waals surface area contributed by atoms with Crippen molar-refractivity contribution in [3.05, 3.63) is 0 Å². The Bertz CT molecular complexity index is 297. The van der Waals surface area contributed by atoms with Gasteiger partial charge in [-0.25, -0.2) is 0 Å². The van der Waals surface area contributed by atoms with Crippen molar-refractivity contribution in [3.63, 3.8) is 0 Å². The standard InChI is InChI=1S/C13H24F3NO3/c1-5-17-12(3,11(18)19-4)8-6-7-9-20-10(2)13(14,15)16/h10,17H,5-9H2,1-4H3. The molecule has 0 spiro atoms. The third-order valence-corrected chi connectivity index (χ3v) is 3.10. The van der Waals surface area contributed by atoms with Crippen molar-refractivity contribution in [3.8, 4) is 0 Å². The zero-order chi connectivity index (χ0) is 15.8. The maximum absolute atomic E-state index is 12.2. The SMILES string of the molecule is CCNC(C)(CCCCOC(C)C(F)(F)F)C(=O)OC. The van der Waals surface area contributed by atoms with Gasteiger partial charge in [-0.05, 0) is 39.7 Å². The summed E-state index contributed by atoms with van der Waals surface area (Å²) in [6.07, 6.45) is -4.58. The molecule has 20 heavy (non-hydrogen) atoms. The molecule has 2 atom stereocenters. The topological polar surface area (TPSA) is 47.6 Å². The lowest BCUT2D eigenvalue weighted by Gasteiger charge is -2.27. The van der Waals surface area contributed by atoms with Gasteiger partial charge in [0.25, 0.3) is 0 Å². The summed E-state index contributed by atoms with van der Waals surface area (Å²) in [4.78, 5) is 11.7. The smallest absolute Gasteiger partial charge is 0.414 e. The summed E-state index contributed by atoms with van der Waals surface area (Å²) < 4.78 is 46.0. The number of rotatable bonds is 9. The van der Waals surface area contributed by atoms with Crippen LogP contribution in [0.1, 0.15) is 40.0 Å². The summed E-state index contributed by atoms with van der Waals surface area (Å²) in [5.41, 5.74) is -0.806. The van der Waals surface area contributed by atoms with Gasteiger partial charge in [0.1, 0.15) is 5.54 Å². The lowest BCUT2D eigenvalue weighted by Crippen LogP contribution is -2.50. The number of hydrogen-bond donors (Lipinski definition) is 1. The normalized spacial score (nSPS) is 16.6. The quantitative estimate of drug-likeness (QED) is 0.525. The number of carbonyl (C=O) groups is 1. The van der Waals surface area contributed by atoms with Gasteiger partial charge in [0.05, 0.1) is 7.11 Å². The molecule has 0 saturated heterocycles. The van der Waals surface area contributed by atoms with Crippen LogP contribution >= 0.6 is 0 Å². The largest absolute Gasteiger partial charge is 0.468 e. The molecule has 0 aromatic carbocycles. The Morgan fingerprint density at radius 3 is 2.35 bits per heavy atom. The minimum atomic E-state index is -4.33. The second-order valence-corrected chi connectivity index (χ2v) is 4.87. The van der Waals surface area contributed by atoms with E-state index in [2.05, 4.69) is 5.32 Å². The predicted molar refractivity (Wildman–Crippen MR) is 69.4 cm³/mol. The first-order valence-electron chi connectivity index (χ1n) is 6.69. The number of hydrogen-bond acceptors (Lipinski definition) is 4. The van der Waals surface area contributed by atoms with Crippen LogP contribution in [0.25, 0.3) is 0 Å². The number of unbranched alkanes of at least 4 members (excludes halogenated alkanes) is 1. The number of methoxy groups -OCH3 is 1. The molecule has 0 radical (unpaired) electrons. The fourth-order valence-corrected chi connectivity index (χ4v) is 1.81. The molecule has 0 heterocycles. The molecule has 0 bridgehead atoms. The first kappa shape index (κ1) is 19.2. The molecule has 2 unspecified atom stereocenters. The molecule has 7 heteroatoms. The van der Waals surface area contributed by atoms with Crippen LogP contribution in [0, 0.1) is 0 Å². The summed E-state index contributed by atoms with van der Waals surface area (Å²) in [5.74, 6) is -0.371. The van der Waals surface area contributed by atoms with Gasteiger partial charge in [-0.2, -0.15) is 13.2 Å². The molecule has 0 aliphatic heterocycles. The average molecular weight is 299 g/mol. The minimum Gasteiger partial charge on any atom is -0.468 e. The Kier molecular flexibility index (Phi) is 8.12. The summed E-state index contributed by atoms with van der Waals surface area (Å²) in [7, 11) is 1.31. The highest BCUT2D eigenvalue weighted by molar-refractivity contribution is 5.80. The molecule has 1 N–H and O–H groups in total. The Morgan fingerprint density at radius 1 is 1.30 bits per heavy atom. The van der Waals surface area contributed by atoms with E-state index in [1.165, 1.54) is 7.11 Å². The maximum Gasteiger partial charge on any atom is 0.414 e. The van der Waals surface area contributed by atoms with E-state index in [0.29, 0.717) is 25.8 Å². The van der Waals surface area contributed by atoms with E-state index < -0.39 is 17.8 Å². The minimum absolute atomic E-state index is 0.0179. The maximum atomic E-state index is 12.2. The van der Waals surface area contributed by atoms with Crippen molar-refractivity contribution < 1.29 is 27.4 Å². The van der Waals surface area contributed by atoms with Crippen LogP contribution in [-0.2, 0) is 14.3 Å². The molecular formula is C13H24F3NO3. The van der Waals surface area contributed by atoms with E-state index in [4.69, 9.17) is 9.47 Å². The van der Waals surface area contributed by atoms with Crippen molar-refractivity contribution in [2.24, 2.45) is 0 Å². The van der Waals surface area contributed by atoms with Crippen LogP contribution in [0.3, 0.4) is 0 Å². The number of carbonyl (C=O) groups excluding carboxylic acids is 1. The number of esters is 1. The molecule has 0 rings (SSSR count). The van der Waals surface area contributed by atoms with Crippen LogP contribution in [0.4, 0.5) is 13.2 Å². The third-order valence-electron chi connectivity index (χ3n) is 3.10. The fourth-order valence-electron chi connectivity index (χ4n) is 1.81. The van der Waals surface area contributed by atoms with Crippen molar-refractivity contribution in [2.45, 2.75) is 57.9 Å². The Morgan fingerprint density at radius 2 is 1.90 bits per heavy atom. The first-order valence-corrected chi connectivity index (χ1v) is 6.69. The van der Waals surface area contributed by atoms with E-state index in [1.54, 1.807) is 6.92 Å². The summed E-state index contributed by atoms with van der Waals surface area (Å²) in [5, 5.41) is 3.04. The summed E-state index contributed by atoms with van der Waals surface area (Å²) in [6, 6.07) is 0. The van der Waals surface area contributed by atoms with Gasteiger partial charge < -0.3 is 14.8 Å². The Balaban J connectivity index is 4.05. The monoisotopic (exact) mass is 299 g/mol. The lowest BCUT2D eigenvalue weighted by atomic mass is 9.95. The van der Waals surface area contributed by atoms with Crippen LogP contribution in [0.5, 0.6) is 0 Å². The molecule has 0 aliphatic carbocycles. The Hall–Kier alpha value is -0.820. The van der Waals surface area contributed by atoms with E-state index in [1.807, 2.05) is 6.92 Å². The van der Waals surface area contributed by atoms with Gasteiger partial charge in [0.15, 0.2) is 6.10 Å². The number of likely N-dealkylation sites (N-methyl/N-ethyl adjacent to an activating group) is 1. The summed E-state index contributed by atoms with van der Waals surface area (Å²) in [6.45, 7) is 5.20. The zero-order valence-electron chi connectivity index (χ0n) is 12.5. The zero-order valence-corrected chi connectivity index (χ0v) is 12.5. The highest BCUT2D eigenvalue weighted by atomic mass is 19.4. The van der Waals surface area contributed by atoms with Gasteiger partial charge in [0, 0.05) is 6.61 Å². The summed E-state index contributed by atoms with van der Waals surface area (Å²) >= 11 is 0. The number of halogens is 3. The lowest BCUT2D eigenvalue weighted by molar-refractivity contribution is -0.214. The van der Waals surface area contributed by atoms with Gasteiger partial charge >= 0.3 is 12.1 Å². The number of ether oxygens (including phenoxy) is 2. The van der Waals surface area contributed by atoms with Crippen molar-refractivity contribution in [2.75, 3.05) is 20.3 Å². The van der Waals surface area contributed by atoms with Crippen molar-refractivity contribution in [1.82, 2.24) is 5.32 Å². The first-order chi connectivity index (χ1) is 9.17. The highest BCUT2D eigenvalue weighted by Crippen LogP contribution is 2.23. The van der Waals surface area contributed by atoms with Crippen LogP contribution < -0.4 is 5.32 Å². The van der Waals surface area contributed by atoms with Crippen LogP contribution in [0.15, 0.2) is 0 Å². The molecule has 4 nitrogen and oxygen atoms in total. The third kappa shape index (κ3) is 6.56. The van der Waals surface area contributed by atoms with Gasteiger partial charge in [-0.15, -0.1) is 0 Å². The van der Waals surface area contributed by atoms with Gasteiger partial charge in [-0.3, -0.25) is 4.79 Å². The number of alkyl halides is 3. The van der Waals surface area contributed by atoms with E-state index >= 15 is 0 Å². The number of nitrogens with one attached hydrogen (secondary N) is 1. The molecule has 0 amide bonds. The highest BCUT2D eigenvalue weighted by Gasteiger charge is 2.37. The molecule has 0 fully saturated rings. The molecule has 120 valence electrons. The molecule has 0 aromatic rings. The molecule has 0 saturated carbocycles. The average Bonchev–Trinajstić information content (AvgIpc) is 2.36. The fraction of sp³-hybridized carbons (Fsp3) is 0.923. The predicted octanol–water partition coefficient (Wildman–Crippen LogP) is 2.67. The van der Waals surface area contributed by atoms with E-state index in [0.717, 1.165) is 6.92 Å². The van der Waals surface area contributed by atoms with Crippen molar-refractivity contribution >= 4 is 5.97 Å². The van der Waals surface area contributed by atoms with Gasteiger partial charge in [0.2, 0.25) is 0 Å².